The summed E-state index contributed by atoms with van der Waals surface area (Å²) in [7, 11) is 0. The van der Waals surface area contributed by atoms with Gasteiger partial charge in [0.05, 0.1) is 15.1 Å². The molecule has 0 atom stereocenters. The summed E-state index contributed by atoms with van der Waals surface area (Å²) in [6.07, 6.45) is 1.51. The predicted molar refractivity (Wildman–Crippen MR) is 146 cm³/mol. The van der Waals surface area contributed by atoms with Crippen LogP contribution in [0.2, 0.25) is 0 Å². The van der Waals surface area contributed by atoms with Gasteiger partial charge in [-0.3, -0.25) is 14.9 Å². The Balaban J connectivity index is 1.84. The highest BCUT2D eigenvalue weighted by atomic mass is 127. The first-order chi connectivity index (χ1) is 17.2. The van der Waals surface area contributed by atoms with Crippen molar-refractivity contribution in [3.05, 3.63) is 96.1 Å². The van der Waals surface area contributed by atoms with Gasteiger partial charge >= 0.3 is 0 Å². The average Bonchev–Trinajstić information content (AvgIpc) is 2.84. The van der Waals surface area contributed by atoms with E-state index in [1.165, 1.54) is 18.2 Å². The molecule has 0 heterocycles. The van der Waals surface area contributed by atoms with E-state index < -0.39 is 10.8 Å². The summed E-state index contributed by atoms with van der Waals surface area (Å²) in [5.41, 5.74) is 3.88. The molecule has 3 aromatic rings. The second kappa shape index (κ2) is 12.2. The Hall–Kier alpha value is -3.91. The Bertz CT molecular complexity index is 1360. The fourth-order valence-corrected chi connectivity index (χ4v) is 4.10. The number of hydrogen-bond donors (Lipinski definition) is 1. The molecule has 0 saturated heterocycles. The van der Waals surface area contributed by atoms with Crippen LogP contribution in [0.4, 0.5) is 11.4 Å². The smallest absolute Gasteiger partial charge is 0.269 e. The first-order valence-electron chi connectivity index (χ1n) is 11.0. The van der Waals surface area contributed by atoms with Crippen LogP contribution >= 0.6 is 22.6 Å². The van der Waals surface area contributed by atoms with E-state index >= 15 is 0 Å². The third-order valence-corrected chi connectivity index (χ3v) is 5.98. The van der Waals surface area contributed by atoms with E-state index in [9.17, 15) is 20.2 Å². The third-order valence-electron chi connectivity index (χ3n) is 5.18. The molecule has 0 saturated carbocycles. The van der Waals surface area contributed by atoms with Crippen molar-refractivity contribution in [1.29, 1.82) is 5.26 Å². The lowest BCUT2D eigenvalue weighted by Crippen LogP contribution is -2.14. The van der Waals surface area contributed by atoms with Crippen LogP contribution in [0.15, 0.2) is 60.2 Å². The van der Waals surface area contributed by atoms with Crippen molar-refractivity contribution >= 4 is 45.9 Å². The van der Waals surface area contributed by atoms with Crippen LogP contribution in [-0.2, 0) is 11.4 Å². The van der Waals surface area contributed by atoms with Crippen molar-refractivity contribution < 1.29 is 19.2 Å². The van der Waals surface area contributed by atoms with E-state index in [4.69, 9.17) is 9.47 Å². The molecule has 0 aromatic heterocycles. The molecular weight excluding hydrogens is 573 g/mol. The van der Waals surface area contributed by atoms with E-state index in [1.54, 1.807) is 24.3 Å². The molecule has 3 aromatic carbocycles. The van der Waals surface area contributed by atoms with Crippen LogP contribution in [0.1, 0.15) is 29.2 Å². The van der Waals surface area contributed by atoms with Crippen molar-refractivity contribution in [2.45, 2.75) is 27.4 Å². The van der Waals surface area contributed by atoms with E-state index in [0.29, 0.717) is 29.4 Å². The fraction of sp³-hybridized carbons (Fsp3) is 0.185. The number of nitrogens with zero attached hydrogens (tertiary/aromatic N) is 2. The third kappa shape index (κ3) is 6.82. The van der Waals surface area contributed by atoms with Gasteiger partial charge in [-0.25, -0.2) is 0 Å². The van der Waals surface area contributed by atoms with Gasteiger partial charge in [-0.15, -0.1) is 0 Å². The van der Waals surface area contributed by atoms with Crippen LogP contribution in [-0.4, -0.2) is 17.4 Å². The average molecular weight is 597 g/mol. The highest BCUT2D eigenvalue weighted by Gasteiger charge is 2.16. The van der Waals surface area contributed by atoms with Crippen LogP contribution in [0.5, 0.6) is 11.5 Å². The molecule has 0 aliphatic carbocycles. The number of nitrogens with one attached hydrogen (secondary N) is 1. The van der Waals surface area contributed by atoms with Gasteiger partial charge in [-0.05, 0) is 102 Å². The lowest BCUT2D eigenvalue weighted by atomic mass is 10.1. The number of aryl methyl sites for hydroxylation is 2. The number of halogens is 1. The van der Waals surface area contributed by atoms with Crippen molar-refractivity contribution in [2.24, 2.45) is 0 Å². The van der Waals surface area contributed by atoms with Gasteiger partial charge in [0.25, 0.3) is 11.6 Å². The molecule has 0 spiro atoms. The largest absolute Gasteiger partial charge is 0.490 e. The zero-order valence-corrected chi connectivity index (χ0v) is 22.2. The molecule has 9 heteroatoms. The molecule has 0 radical (unpaired) electrons. The number of benzene rings is 3. The van der Waals surface area contributed by atoms with E-state index in [1.807, 2.05) is 45.0 Å². The number of hydrogen-bond acceptors (Lipinski definition) is 6. The van der Waals surface area contributed by atoms with Gasteiger partial charge in [0, 0.05) is 17.8 Å². The number of non-ortho nitro benzene ring substituents is 1. The van der Waals surface area contributed by atoms with Gasteiger partial charge in [-0.2, -0.15) is 5.26 Å². The van der Waals surface area contributed by atoms with Crippen LogP contribution in [0.25, 0.3) is 6.08 Å². The summed E-state index contributed by atoms with van der Waals surface area (Å²) >= 11 is 2.10. The van der Waals surface area contributed by atoms with Crippen LogP contribution in [0.3, 0.4) is 0 Å². The first kappa shape index (κ1) is 26.7. The molecule has 0 bridgehead atoms. The lowest BCUT2D eigenvalue weighted by molar-refractivity contribution is -0.384. The summed E-state index contributed by atoms with van der Waals surface area (Å²) in [5.74, 6) is 0.466. The summed E-state index contributed by atoms with van der Waals surface area (Å²) in [4.78, 5) is 23.2. The Labute approximate surface area is 222 Å². The lowest BCUT2D eigenvalue weighted by Gasteiger charge is -2.15. The predicted octanol–water partition coefficient (Wildman–Crippen LogP) is 6.34. The van der Waals surface area contributed by atoms with Crippen molar-refractivity contribution in [3.63, 3.8) is 0 Å². The number of nitriles is 1. The van der Waals surface area contributed by atoms with E-state index in [2.05, 4.69) is 27.9 Å². The minimum Gasteiger partial charge on any atom is -0.490 e. The number of carbonyl (C=O) groups excluding carboxylic acids is 1. The Morgan fingerprint density at radius 1 is 1.14 bits per heavy atom. The molecule has 1 N–H and O–H groups in total. The first-order valence-corrected chi connectivity index (χ1v) is 12.1. The number of nitro benzene ring substituents is 1. The van der Waals surface area contributed by atoms with Gasteiger partial charge in [0.2, 0.25) is 0 Å². The maximum absolute atomic E-state index is 12.8. The van der Waals surface area contributed by atoms with E-state index in [-0.39, 0.29) is 17.9 Å². The second-order valence-corrected chi connectivity index (χ2v) is 9.08. The topological polar surface area (TPSA) is 114 Å². The van der Waals surface area contributed by atoms with Gasteiger partial charge in [0.1, 0.15) is 18.2 Å². The van der Waals surface area contributed by atoms with Gasteiger partial charge in [0.15, 0.2) is 11.5 Å². The Morgan fingerprint density at radius 2 is 1.86 bits per heavy atom. The molecule has 36 heavy (non-hydrogen) atoms. The molecular formula is C27H24IN3O5. The number of nitro groups is 1. The highest BCUT2D eigenvalue weighted by molar-refractivity contribution is 14.1. The van der Waals surface area contributed by atoms with Crippen molar-refractivity contribution in [1.82, 2.24) is 0 Å². The second-order valence-electron chi connectivity index (χ2n) is 7.92. The molecule has 8 nitrogen and oxygen atoms in total. The SMILES string of the molecule is CCOc1cc(/C=C(/C#N)C(=O)Nc2cc(C)ccc2C)cc(I)c1OCc1ccc([N+](=O)[O-])cc1. The van der Waals surface area contributed by atoms with Crippen LogP contribution in [0, 0.1) is 38.9 Å². The van der Waals surface area contributed by atoms with Crippen molar-refractivity contribution in [3.8, 4) is 17.6 Å². The number of ether oxygens (including phenoxy) is 2. The fourth-order valence-electron chi connectivity index (χ4n) is 3.32. The van der Waals surface area contributed by atoms with Gasteiger partial charge in [-0.1, -0.05) is 12.1 Å². The summed E-state index contributed by atoms with van der Waals surface area (Å²) in [6.45, 7) is 6.23. The molecule has 3 rings (SSSR count). The Morgan fingerprint density at radius 3 is 2.50 bits per heavy atom. The number of carbonyl (C=O) groups is 1. The van der Waals surface area contributed by atoms with Crippen LogP contribution < -0.4 is 14.8 Å². The summed E-state index contributed by atoms with van der Waals surface area (Å²) in [6, 6.07) is 17.3. The molecule has 184 valence electrons. The number of amides is 1. The molecule has 0 aliphatic rings. The summed E-state index contributed by atoms with van der Waals surface area (Å²) < 4.78 is 12.5. The zero-order chi connectivity index (χ0) is 26.2. The molecule has 0 aliphatic heterocycles. The monoisotopic (exact) mass is 597 g/mol. The van der Waals surface area contributed by atoms with Crippen molar-refractivity contribution in [2.75, 3.05) is 11.9 Å². The molecule has 0 fully saturated rings. The Kier molecular flexibility index (Phi) is 9.02. The normalized spacial score (nSPS) is 10.9. The maximum atomic E-state index is 12.8. The minimum absolute atomic E-state index is 0.00868. The minimum atomic E-state index is -0.502. The standard InChI is InChI=1S/C27H24IN3O5/c1-4-35-25-14-20(12-21(15-29)27(32)30-24-11-17(2)5-6-18(24)3)13-23(28)26(25)36-16-19-7-9-22(10-8-19)31(33)34/h5-14H,4,16H2,1-3H3,(H,30,32)/b21-12-. The quantitative estimate of drug-likeness (QED) is 0.101. The molecule has 0 unspecified atom stereocenters. The number of anilines is 1. The highest BCUT2D eigenvalue weighted by Crippen LogP contribution is 2.35. The number of rotatable bonds is 9. The van der Waals surface area contributed by atoms with E-state index in [0.717, 1.165) is 20.3 Å². The van der Waals surface area contributed by atoms with Gasteiger partial charge < -0.3 is 14.8 Å². The maximum Gasteiger partial charge on any atom is 0.269 e. The molecule has 1 amide bonds. The zero-order valence-electron chi connectivity index (χ0n) is 20.0. The summed E-state index contributed by atoms with van der Waals surface area (Å²) in [5, 5.41) is 23.3.